The van der Waals surface area contributed by atoms with Crippen molar-refractivity contribution in [2.45, 2.75) is 0 Å². The van der Waals surface area contributed by atoms with Crippen LogP contribution in [0.4, 0.5) is 0 Å². The molecule has 0 saturated heterocycles. The number of rotatable bonds is 1. The van der Waals surface area contributed by atoms with Crippen LogP contribution in [0.25, 0.3) is 11.1 Å². The highest BCUT2D eigenvalue weighted by atomic mass is 35.5. The van der Waals surface area contributed by atoms with Crippen LogP contribution in [-0.4, -0.2) is 17.0 Å². The molecule has 1 aromatic heterocycles. The number of hydrogen-bond donors (Lipinski definition) is 1. The van der Waals surface area contributed by atoms with E-state index in [-0.39, 0.29) is 6.79 Å². The minimum atomic E-state index is 0.226. The molecule has 1 aliphatic rings. The Morgan fingerprint density at radius 1 is 1.27 bits per heavy atom. The topological polar surface area (TPSA) is 47.1 Å². The zero-order valence-corrected chi connectivity index (χ0v) is 8.41. The standard InChI is InChI=1S/C10H7ClN2O2/c11-8-1-6(7-3-12-13-4-7)2-9-10(8)15-5-14-9/h1-4H,5H2,(H,12,13). The van der Waals surface area contributed by atoms with Gasteiger partial charge >= 0.3 is 0 Å². The summed E-state index contributed by atoms with van der Waals surface area (Å²) in [5, 5.41) is 7.19. The molecule has 76 valence electrons. The van der Waals surface area contributed by atoms with E-state index in [9.17, 15) is 0 Å². The van der Waals surface area contributed by atoms with Gasteiger partial charge in [-0.15, -0.1) is 0 Å². The zero-order chi connectivity index (χ0) is 10.3. The normalized spacial score (nSPS) is 13.1. The first-order valence-electron chi connectivity index (χ1n) is 4.43. The summed E-state index contributed by atoms with van der Waals surface area (Å²) in [5.41, 5.74) is 1.92. The Morgan fingerprint density at radius 2 is 2.20 bits per heavy atom. The maximum absolute atomic E-state index is 6.06. The summed E-state index contributed by atoms with van der Waals surface area (Å²) in [6.07, 6.45) is 3.53. The van der Waals surface area contributed by atoms with E-state index in [0.29, 0.717) is 16.5 Å². The summed E-state index contributed by atoms with van der Waals surface area (Å²) in [6, 6.07) is 3.72. The summed E-state index contributed by atoms with van der Waals surface area (Å²) >= 11 is 6.06. The number of hydrogen-bond acceptors (Lipinski definition) is 3. The second-order valence-corrected chi connectivity index (χ2v) is 3.59. The minimum Gasteiger partial charge on any atom is -0.454 e. The average Bonchev–Trinajstić information content (AvgIpc) is 2.88. The third kappa shape index (κ3) is 1.34. The summed E-state index contributed by atoms with van der Waals surface area (Å²) in [7, 11) is 0. The fourth-order valence-corrected chi connectivity index (χ4v) is 1.81. The van der Waals surface area contributed by atoms with E-state index in [1.807, 2.05) is 12.1 Å². The van der Waals surface area contributed by atoms with Crippen molar-refractivity contribution in [2.24, 2.45) is 0 Å². The first kappa shape index (κ1) is 8.61. The molecular weight excluding hydrogens is 216 g/mol. The lowest BCUT2D eigenvalue weighted by molar-refractivity contribution is 0.174. The van der Waals surface area contributed by atoms with E-state index >= 15 is 0 Å². The second-order valence-electron chi connectivity index (χ2n) is 3.18. The molecule has 0 atom stereocenters. The Morgan fingerprint density at radius 3 is 3.00 bits per heavy atom. The molecule has 0 bridgehead atoms. The summed E-state index contributed by atoms with van der Waals surface area (Å²) in [4.78, 5) is 0. The molecular formula is C10H7ClN2O2. The van der Waals surface area contributed by atoms with Gasteiger partial charge in [0.2, 0.25) is 6.79 Å². The van der Waals surface area contributed by atoms with Gasteiger partial charge in [-0.25, -0.2) is 0 Å². The van der Waals surface area contributed by atoms with E-state index in [1.165, 1.54) is 0 Å². The number of aromatic nitrogens is 2. The molecule has 3 rings (SSSR count). The number of nitrogens with one attached hydrogen (secondary N) is 1. The molecule has 0 saturated carbocycles. The summed E-state index contributed by atoms with van der Waals surface area (Å²) < 4.78 is 10.5. The van der Waals surface area contributed by atoms with Gasteiger partial charge in [-0.05, 0) is 17.7 Å². The third-order valence-electron chi connectivity index (χ3n) is 2.26. The largest absolute Gasteiger partial charge is 0.454 e. The Bertz CT molecular complexity index is 496. The molecule has 1 N–H and O–H groups in total. The highest BCUT2D eigenvalue weighted by Gasteiger charge is 2.18. The SMILES string of the molecule is Clc1cc(-c2cn[nH]c2)cc2c1OCO2. The Balaban J connectivity index is 2.15. The van der Waals surface area contributed by atoms with Gasteiger partial charge in [0.05, 0.1) is 11.2 Å². The van der Waals surface area contributed by atoms with Crippen molar-refractivity contribution >= 4 is 11.6 Å². The van der Waals surface area contributed by atoms with E-state index in [2.05, 4.69) is 10.2 Å². The van der Waals surface area contributed by atoms with Crippen molar-refractivity contribution in [3.63, 3.8) is 0 Å². The predicted molar refractivity (Wildman–Crippen MR) is 55.2 cm³/mol. The molecule has 4 nitrogen and oxygen atoms in total. The van der Waals surface area contributed by atoms with Gasteiger partial charge in [-0.2, -0.15) is 5.10 Å². The van der Waals surface area contributed by atoms with Crippen LogP contribution in [0.2, 0.25) is 5.02 Å². The monoisotopic (exact) mass is 222 g/mol. The Labute approximate surface area is 90.8 Å². The zero-order valence-electron chi connectivity index (χ0n) is 7.66. The third-order valence-corrected chi connectivity index (χ3v) is 2.54. The molecule has 1 aromatic carbocycles. The fourth-order valence-electron chi connectivity index (χ4n) is 1.54. The number of halogens is 1. The maximum atomic E-state index is 6.06. The molecule has 0 fully saturated rings. The number of aromatic amines is 1. The van der Waals surface area contributed by atoms with Crippen molar-refractivity contribution in [1.29, 1.82) is 0 Å². The maximum Gasteiger partial charge on any atom is 0.231 e. The lowest BCUT2D eigenvalue weighted by Crippen LogP contribution is -1.93. The number of ether oxygens (including phenoxy) is 2. The van der Waals surface area contributed by atoms with Crippen molar-refractivity contribution in [2.75, 3.05) is 6.79 Å². The summed E-state index contributed by atoms with van der Waals surface area (Å²) in [5.74, 6) is 1.29. The quantitative estimate of drug-likeness (QED) is 0.806. The minimum absolute atomic E-state index is 0.226. The highest BCUT2D eigenvalue weighted by molar-refractivity contribution is 6.32. The van der Waals surface area contributed by atoms with Crippen LogP contribution in [-0.2, 0) is 0 Å². The average molecular weight is 223 g/mol. The molecule has 2 heterocycles. The van der Waals surface area contributed by atoms with Gasteiger partial charge in [-0.1, -0.05) is 11.6 Å². The van der Waals surface area contributed by atoms with E-state index in [4.69, 9.17) is 21.1 Å². The first-order chi connectivity index (χ1) is 7.34. The van der Waals surface area contributed by atoms with Gasteiger partial charge in [-0.3, -0.25) is 5.10 Å². The number of H-pyrrole nitrogens is 1. The number of nitrogens with zero attached hydrogens (tertiary/aromatic N) is 1. The molecule has 5 heteroatoms. The van der Waals surface area contributed by atoms with Crippen LogP contribution in [0.15, 0.2) is 24.5 Å². The van der Waals surface area contributed by atoms with Crippen molar-refractivity contribution < 1.29 is 9.47 Å². The number of benzene rings is 1. The van der Waals surface area contributed by atoms with Gasteiger partial charge < -0.3 is 9.47 Å². The highest BCUT2D eigenvalue weighted by Crippen LogP contribution is 2.42. The van der Waals surface area contributed by atoms with Crippen LogP contribution in [0, 0.1) is 0 Å². The lowest BCUT2D eigenvalue weighted by Gasteiger charge is -2.02. The smallest absolute Gasteiger partial charge is 0.231 e. The van der Waals surface area contributed by atoms with Crippen LogP contribution in [0.1, 0.15) is 0 Å². The van der Waals surface area contributed by atoms with Crippen molar-refractivity contribution in [3.8, 4) is 22.6 Å². The summed E-state index contributed by atoms with van der Waals surface area (Å²) in [6.45, 7) is 0.226. The molecule has 0 radical (unpaired) electrons. The van der Waals surface area contributed by atoms with Crippen LogP contribution in [0.5, 0.6) is 11.5 Å². The van der Waals surface area contributed by atoms with Gasteiger partial charge in [0.25, 0.3) is 0 Å². The second kappa shape index (κ2) is 3.17. The molecule has 15 heavy (non-hydrogen) atoms. The van der Waals surface area contributed by atoms with Crippen molar-refractivity contribution in [3.05, 3.63) is 29.5 Å². The predicted octanol–water partition coefficient (Wildman–Crippen LogP) is 2.46. The molecule has 0 spiro atoms. The molecule has 0 unspecified atom stereocenters. The Kier molecular flexibility index (Phi) is 1.82. The lowest BCUT2D eigenvalue weighted by atomic mass is 10.1. The van der Waals surface area contributed by atoms with Crippen LogP contribution < -0.4 is 9.47 Å². The molecule has 1 aliphatic heterocycles. The van der Waals surface area contributed by atoms with Crippen molar-refractivity contribution in [1.82, 2.24) is 10.2 Å². The van der Waals surface area contributed by atoms with E-state index < -0.39 is 0 Å². The first-order valence-corrected chi connectivity index (χ1v) is 4.81. The van der Waals surface area contributed by atoms with E-state index in [0.717, 1.165) is 11.1 Å². The van der Waals surface area contributed by atoms with Crippen LogP contribution in [0.3, 0.4) is 0 Å². The number of fused-ring (bicyclic) bond motifs is 1. The van der Waals surface area contributed by atoms with Crippen LogP contribution >= 0.6 is 11.6 Å². The Hall–Kier alpha value is -1.68. The molecule has 0 aliphatic carbocycles. The van der Waals surface area contributed by atoms with Gasteiger partial charge in [0, 0.05) is 11.8 Å². The van der Waals surface area contributed by atoms with Gasteiger partial charge in [0.15, 0.2) is 11.5 Å². The van der Waals surface area contributed by atoms with E-state index in [1.54, 1.807) is 12.4 Å². The van der Waals surface area contributed by atoms with Gasteiger partial charge in [0.1, 0.15) is 0 Å². The molecule has 0 amide bonds. The molecule has 2 aromatic rings. The fraction of sp³-hybridized carbons (Fsp3) is 0.100.